The number of carboxylic acid groups (broad SMARTS) is 1. The Morgan fingerprint density at radius 1 is 1.44 bits per heavy atom. The minimum atomic E-state index is -0.850. The highest BCUT2D eigenvalue weighted by molar-refractivity contribution is 5.87. The van der Waals surface area contributed by atoms with E-state index in [1.807, 2.05) is 12.1 Å². The first-order chi connectivity index (χ1) is 8.58. The number of benzene rings is 1. The van der Waals surface area contributed by atoms with Crippen molar-refractivity contribution >= 4 is 5.97 Å². The molecule has 18 heavy (non-hydrogen) atoms. The fourth-order valence-corrected chi connectivity index (χ4v) is 2.47. The van der Waals surface area contributed by atoms with Crippen LogP contribution in [0.4, 0.5) is 0 Å². The van der Waals surface area contributed by atoms with Crippen molar-refractivity contribution < 1.29 is 9.90 Å². The highest BCUT2D eigenvalue weighted by Gasteiger charge is 2.26. The second kappa shape index (κ2) is 5.53. The van der Waals surface area contributed by atoms with Gasteiger partial charge in [0.1, 0.15) is 0 Å². The minimum Gasteiger partial charge on any atom is -0.478 e. The van der Waals surface area contributed by atoms with Crippen molar-refractivity contribution in [1.82, 2.24) is 4.90 Å². The topological polar surface area (TPSA) is 40.5 Å². The molecule has 0 radical (unpaired) electrons. The van der Waals surface area contributed by atoms with Gasteiger partial charge in [0.05, 0.1) is 5.56 Å². The average molecular weight is 247 g/mol. The Hall–Kier alpha value is -1.35. The molecule has 0 saturated heterocycles. The molecule has 0 heterocycles. The fourth-order valence-electron chi connectivity index (χ4n) is 2.47. The number of rotatable bonds is 5. The summed E-state index contributed by atoms with van der Waals surface area (Å²) in [6.07, 6.45) is 3.87. The molecule has 1 aromatic carbocycles. The molecule has 1 aliphatic rings. The highest BCUT2D eigenvalue weighted by Crippen LogP contribution is 2.28. The molecule has 1 aliphatic carbocycles. The molecule has 3 nitrogen and oxygen atoms in total. The van der Waals surface area contributed by atoms with Crippen LogP contribution in [0.15, 0.2) is 24.3 Å². The molecule has 0 amide bonds. The van der Waals surface area contributed by atoms with Gasteiger partial charge in [-0.25, -0.2) is 4.79 Å². The molecular weight excluding hydrogens is 226 g/mol. The van der Waals surface area contributed by atoms with Crippen LogP contribution >= 0.6 is 0 Å². The van der Waals surface area contributed by atoms with Crippen molar-refractivity contribution in [2.24, 2.45) is 0 Å². The Bertz CT molecular complexity index is 424. The first-order valence-electron chi connectivity index (χ1n) is 6.66. The Morgan fingerprint density at radius 2 is 2.17 bits per heavy atom. The molecule has 0 spiro atoms. The lowest BCUT2D eigenvalue weighted by molar-refractivity contribution is 0.0696. The summed E-state index contributed by atoms with van der Waals surface area (Å²) in [7, 11) is 0. The van der Waals surface area contributed by atoms with Gasteiger partial charge < -0.3 is 5.11 Å². The quantitative estimate of drug-likeness (QED) is 0.869. The van der Waals surface area contributed by atoms with Gasteiger partial charge in [-0.3, -0.25) is 4.90 Å². The Morgan fingerprint density at radius 3 is 2.67 bits per heavy atom. The summed E-state index contributed by atoms with van der Waals surface area (Å²) in [5, 5.41) is 9.01. The second-order valence-electron chi connectivity index (χ2n) is 5.36. The van der Waals surface area contributed by atoms with E-state index < -0.39 is 5.97 Å². The van der Waals surface area contributed by atoms with Gasteiger partial charge in [0, 0.05) is 18.6 Å². The lowest BCUT2D eigenvalue weighted by atomic mass is 9.90. The van der Waals surface area contributed by atoms with E-state index >= 15 is 0 Å². The normalized spacial score (nSPS) is 16.0. The smallest absolute Gasteiger partial charge is 0.335 e. The van der Waals surface area contributed by atoms with Gasteiger partial charge in [0.15, 0.2) is 0 Å². The van der Waals surface area contributed by atoms with E-state index in [1.54, 1.807) is 12.1 Å². The number of carbonyl (C=O) groups is 1. The Kier molecular flexibility index (Phi) is 4.02. The summed E-state index contributed by atoms with van der Waals surface area (Å²) >= 11 is 0. The van der Waals surface area contributed by atoms with E-state index in [-0.39, 0.29) is 0 Å². The van der Waals surface area contributed by atoms with Gasteiger partial charge in [-0.05, 0) is 44.4 Å². The van der Waals surface area contributed by atoms with Crippen LogP contribution in [0, 0.1) is 0 Å². The van der Waals surface area contributed by atoms with E-state index in [4.69, 9.17) is 5.11 Å². The van der Waals surface area contributed by atoms with Crippen LogP contribution in [-0.2, 0) is 6.54 Å². The zero-order valence-electron chi connectivity index (χ0n) is 11.1. The molecule has 0 unspecified atom stereocenters. The van der Waals surface area contributed by atoms with Gasteiger partial charge in [-0.2, -0.15) is 0 Å². The standard InChI is InChI=1S/C15H21NO2/c1-11(2)16(14-7-4-8-14)10-12-5-3-6-13(9-12)15(17)18/h3,5-6,9,11,14H,4,7-8,10H2,1-2H3,(H,17,18). The van der Waals surface area contributed by atoms with E-state index in [0.717, 1.165) is 12.1 Å². The largest absolute Gasteiger partial charge is 0.478 e. The minimum absolute atomic E-state index is 0.379. The van der Waals surface area contributed by atoms with Gasteiger partial charge in [-0.1, -0.05) is 18.6 Å². The number of aromatic carboxylic acids is 1. The van der Waals surface area contributed by atoms with Crippen molar-refractivity contribution in [3.8, 4) is 0 Å². The van der Waals surface area contributed by atoms with Gasteiger partial charge in [-0.15, -0.1) is 0 Å². The third-order valence-corrected chi connectivity index (χ3v) is 3.75. The average Bonchev–Trinajstić information content (AvgIpc) is 2.26. The van der Waals surface area contributed by atoms with Crippen molar-refractivity contribution in [2.45, 2.75) is 51.7 Å². The summed E-state index contributed by atoms with van der Waals surface area (Å²) < 4.78 is 0. The van der Waals surface area contributed by atoms with Gasteiger partial charge >= 0.3 is 5.97 Å². The van der Waals surface area contributed by atoms with Crippen molar-refractivity contribution in [1.29, 1.82) is 0 Å². The maximum Gasteiger partial charge on any atom is 0.335 e. The predicted molar refractivity (Wildman–Crippen MR) is 71.7 cm³/mol. The molecule has 1 fully saturated rings. The van der Waals surface area contributed by atoms with Gasteiger partial charge in [0.25, 0.3) is 0 Å². The van der Waals surface area contributed by atoms with Crippen LogP contribution in [-0.4, -0.2) is 28.1 Å². The molecule has 0 aliphatic heterocycles. The fraction of sp³-hybridized carbons (Fsp3) is 0.533. The SMILES string of the molecule is CC(C)N(Cc1cccc(C(=O)O)c1)C1CCC1. The van der Waals surface area contributed by atoms with Crippen LogP contribution in [0.5, 0.6) is 0 Å². The van der Waals surface area contributed by atoms with Crippen LogP contribution in [0.1, 0.15) is 49.0 Å². The van der Waals surface area contributed by atoms with Crippen LogP contribution in [0.25, 0.3) is 0 Å². The highest BCUT2D eigenvalue weighted by atomic mass is 16.4. The van der Waals surface area contributed by atoms with Crippen molar-refractivity contribution in [3.05, 3.63) is 35.4 Å². The number of carboxylic acids is 1. The lowest BCUT2D eigenvalue weighted by Crippen LogP contribution is -2.43. The van der Waals surface area contributed by atoms with Crippen LogP contribution in [0.2, 0.25) is 0 Å². The van der Waals surface area contributed by atoms with E-state index in [0.29, 0.717) is 17.6 Å². The molecule has 2 rings (SSSR count). The Labute approximate surface area is 108 Å². The first kappa shape index (κ1) is 13.1. The summed E-state index contributed by atoms with van der Waals surface area (Å²) in [5.41, 5.74) is 1.47. The molecule has 98 valence electrons. The number of hydrogen-bond donors (Lipinski definition) is 1. The third-order valence-electron chi connectivity index (χ3n) is 3.75. The van der Waals surface area contributed by atoms with Gasteiger partial charge in [0.2, 0.25) is 0 Å². The predicted octanol–water partition coefficient (Wildman–Crippen LogP) is 3.15. The zero-order valence-corrected chi connectivity index (χ0v) is 11.1. The second-order valence-corrected chi connectivity index (χ2v) is 5.36. The van der Waals surface area contributed by atoms with Crippen LogP contribution < -0.4 is 0 Å². The Balaban J connectivity index is 2.10. The summed E-state index contributed by atoms with van der Waals surface area (Å²) in [5.74, 6) is -0.850. The summed E-state index contributed by atoms with van der Waals surface area (Å²) in [6, 6.07) is 8.46. The number of hydrogen-bond acceptors (Lipinski definition) is 2. The zero-order chi connectivity index (χ0) is 13.1. The van der Waals surface area contributed by atoms with E-state index in [9.17, 15) is 4.79 Å². The first-order valence-corrected chi connectivity index (χ1v) is 6.66. The maximum atomic E-state index is 11.0. The molecule has 0 atom stereocenters. The van der Waals surface area contributed by atoms with Crippen molar-refractivity contribution in [2.75, 3.05) is 0 Å². The van der Waals surface area contributed by atoms with Crippen LogP contribution in [0.3, 0.4) is 0 Å². The lowest BCUT2D eigenvalue weighted by Gasteiger charge is -2.40. The van der Waals surface area contributed by atoms with Crippen molar-refractivity contribution in [3.63, 3.8) is 0 Å². The molecule has 0 bridgehead atoms. The molecular formula is C15H21NO2. The third kappa shape index (κ3) is 2.91. The molecule has 3 heteroatoms. The van der Waals surface area contributed by atoms with E-state index in [2.05, 4.69) is 18.7 Å². The summed E-state index contributed by atoms with van der Waals surface area (Å²) in [4.78, 5) is 13.4. The monoisotopic (exact) mass is 247 g/mol. The van der Waals surface area contributed by atoms with E-state index in [1.165, 1.54) is 19.3 Å². The molecule has 1 aromatic rings. The number of nitrogens with zero attached hydrogens (tertiary/aromatic N) is 1. The molecule has 1 N–H and O–H groups in total. The molecule has 1 saturated carbocycles. The summed E-state index contributed by atoms with van der Waals surface area (Å²) in [6.45, 7) is 5.27. The maximum absolute atomic E-state index is 11.0. The molecule has 0 aromatic heterocycles.